The third-order valence-electron chi connectivity index (χ3n) is 2.09. The van der Waals surface area contributed by atoms with Gasteiger partial charge in [0, 0.05) is 19.4 Å². The molecule has 1 amide bonds. The van der Waals surface area contributed by atoms with Crippen LogP contribution in [0.3, 0.4) is 0 Å². The first-order chi connectivity index (χ1) is 9.52. The molecule has 0 fully saturated rings. The average molecular weight is 289 g/mol. The molecule has 5 heteroatoms. The Kier molecular flexibility index (Phi) is 23.6. The lowest BCUT2D eigenvalue weighted by Gasteiger charge is -2.03. The number of hydrogen-bond acceptors (Lipinski definition) is 3. The van der Waals surface area contributed by atoms with Gasteiger partial charge in [-0.1, -0.05) is 34.1 Å². The van der Waals surface area contributed by atoms with E-state index in [-0.39, 0.29) is 24.5 Å². The molecule has 0 spiro atoms. The third kappa shape index (κ3) is 25.5. The summed E-state index contributed by atoms with van der Waals surface area (Å²) in [5.41, 5.74) is 0. The molecular formula is C15H31NO4. The number of ketones is 1. The van der Waals surface area contributed by atoms with E-state index in [0.29, 0.717) is 13.0 Å². The maximum absolute atomic E-state index is 11.1. The number of Topliss-reactive ketones (excluding diaryl/α,β-unsaturated/α-hetero) is 1. The molecule has 120 valence electrons. The van der Waals surface area contributed by atoms with Crippen molar-refractivity contribution < 1.29 is 19.5 Å². The number of carbonyl (C=O) groups excluding carboxylic acids is 2. The molecule has 0 aromatic carbocycles. The predicted octanol–water partition coefficient (Wildman–Crippen LogP) is 3.17. The molecule has 5 nitrogen and oxygen atoms in total. The van der Waals surface area contributed by atoms with E-state index in [2.05, 4.69) is 5.32 Å². The first-order valence-electron chi connectivity index (χ1n) is 7.50. The minimum Gasteiger partial charge on any atom is -0.481 e. The van der Waals surface area contributed by atoms with Crippen molar-refractivity contribution in [3.05, 3.63) is 0 Å². The molecule has 0 aliphatic heterocycles. The van der Waals surface area contributed by atoms with Gasteiger partial charge in [-0.2, -0.15) is 0 Å². The van der Waals surface area contributed by atoms with E-state index in [0.717, 1.165) is 19.3 Å². The fourth-order valence-electron chi connectivity index (χ4n) is 1.21. The van der Waals surface area contributed by atoms with Crippen LogP contribution in [0.15, 0.2) is 0 Å². The zero-order valence-electron chi connectivity index (χ0n) is 13.6. The van der Waals surface area contributed by atoms with Crippen molar-refractivity contribution in [1.82, 2.24) is 5.32 Å². The summed E-state index contributed by atoms with van der Waals surface area (Å²) in [5, 5.41) is 11.0. The van der Waals surface area contributed by atoms with Crippen molar-refractivity contribution >= 4 is 17.7 Å². The fraction of sp³-hybridized carbons (Fsp3) is 0.800. The Morgan fingerprint density at radius 3 is 1.85 bits per heavy atom. The highest BCUT2D eigenvalue weighted by Gasteiger charge is 2.03. The summed E-state index contributed by atoms with van der Waals surface area (Å²) in [7, 11) is 0. The van der Waals surface area contributed by atoms with Crippen LogP contribution in [0, 0.1) is 0 Å². The monoisotopic (exact) mass is 289 g/mol. The molecule has 0 heterocycles. The number of carbonyl (C=O) groups is 3. The largest absolute Gasteiger partial charge is 0.481 e. The molecule has 0 aromatic rings. The van der Waals surface area contributed by atoms with Crippen molar-refractivity contribution in [3.8, 4) is 0 Å². The Hall–Kier alpha value is -1.39. The molecular weight excluding hydrogens is 258 g/mol. The van der Waals surface area contributed by atoms with Gasteiger partial charge >= 0.3 is 5.97 Å². The highest BCUT2D eigenvalue weighted by molar-refractivity contribution is 5.80. The Labute approximate surface area is 123 Å². The number of carboxylic acids is 1. The zero-order valence-corrected chi connectivity index (χ0v) is 13.6. The third-order valence-corrected chi connectivity index (χ3v) is 2.09. The number of carboxylic acid groups (broad SMARTS) is 1. The van der Waals surface area contributed by atoms with E-state index in [1.54, 1.807) is 6.92 Å². The maximum atomic E-state index is 11.1. The summed E-state index contributed by atoms with van der Waals surface area (Å²) in [6.07, 6.45) is 3.07. The van der Waals surface area contributed by atoms with Gasteiger partial charge in [0.05, 0.1) is 6.42 Å². The molecule has 2 N–H and O–H groups in total. The molecule has 0 aliphatic carbocycles. The first kappa shape index (κ1) is 23.7. The van der Waals surface area contributed by atoms with Crippen molar-refractivity contribution in [1.29, 1.82) is 0 Å². The van der Waals surface area contributed by atoms with Crippen LogP contribution < -0.4 is 5.32 Å². The van der Waals surface area contributed by atoms with Crippen molar-refractivity contribution in [3.63, 3.8) is 0 Å². The Morgan fingerprint density at radius 1 is 0.850 bits per heavy atom. The van der Waals surface area contributed by atoms with Crippen LogP contribution in [-0.2, 0) is 14.4 Å². The second-order valence-electron chi connectivity index (χ2n) is 3.76. The zero-order chi connectivity index (χ0) is 16.4. The Bertz CT molecular complexity index is 252. The number of aliphatic carboxylic acids is 1. The summed E-state index contributed by atoms with van der Waals surface area (Å²) >= 11 is 0. The lowest BCUT2D eigenvalue weighted by atomic mass is 10.1. The molecule has 0 radical (unpaired) electrons. The standard InChI is InChI=1S/C11H19NO4.2C2H6/c1-9(13)5-3-2-4-8-12-10(14)6-7-11(15)16;2*1-2/h2-8H2,1H3,(H,12,14)(H,15,16);2*1-2H3. The summed E-state index contributed by atoms with van der Waals surface area (Å²) in [6, 6.07) is 0. The fourth-order valence-corrected chi connectivity index (χ4v) is 1.21. The minimum atomic E-state index is -0.961. The summed E-state index contributed by atoms with van der Waals surface area (Å²) in [6.45, 7) is 10.1. The van der Waals surface area contributed by atoms with Crippen LogP contribution in [0.4, 0.5) is 0 Å². The number of amides is 1. The van der Waals surface area contributed by atoms with Gasteiger partial charge in [-0.05, 0) is 19.8 Å². The Balaban J connectivity index is -0.000000656. The van der Waals surface area contributed by atoms with E-state index < -0.39 is 5.97 Å². The highest BCUT2D eigenvalue weighted by atomic mass is 16.4. The molecule has 0 aromatic heterocycles. The van der Waals surface area contributed by atoms with Crippen LogP contribution in [0.2, 0.25) is 0 Å². The molecule has 0 bridgehead atoms. The molecule has 0 atom stereocenters. The van der Waals surface area contributed by atoms with E-state index >= 15 is 0 Å². The Morgan fingerprint density at radius 2 is 1.40 bits per heavy atom. The molecule has 0 saturated carbocycles. The normalized spacial score (nSPS) is 8.45. The van der Waals surface area contributed by atoms with E-state index in [1.165, 1.54) is 0 Å². The smallest absolute Gasteiger partial charge is 0.303 e. The second kappa shape index (κ2) is 19.9. The number of unbranched alkanes of at least 4 members (excludes halogenated alkanes) is 2. The molecule has 0 saturated heterocycles. The lowest BCUT2D eigenvalue weighted by molar-refractivity contribution is -0.138. The van der Waals surface area contributed by atoms with Crippen LogP contribution >= 0.6 is 0 Å². The van der Waals surface area contributed by atoms with Crippen molar-refractivity contribution in [2.24, 2.45) is 0 Å². The topological polar surface area (TPSA) is 83.5 Å². The highest BCUT2D eigenvalue weighted by Crippen LogP contribution is 1.99. The van der Waals surface area contributed by atoms with Crippen LogP contribution in [0.1, 0.15) is 73.1 Å². The number of hydrogen-bond donors (Lipinski definition) is 2. The summed E-state index contributed by atoms with van der Waals surface area (Å²) in [4.78, 5) is 31.8. The number of rotatable bonds is 9. The summed E-state index contributed by atoms with van der Waals surface area (Å²) < 4.78 is 0. The molecule has 20 heavy (non-hydrogen) atoms. The van der Waals surface area contributed by atoms with Gasteiger partial charge in [-0.15, -0.1) is 0 Å². The van der Waals surface area contributed by atoms with Gasteiger partial charge < -0.3 is 15.2 Å². The predicted molar refractivity (Wildman–Crippen MR) is 81.7 cm³/mol. The molecule has 0 aliphatic rings. The SMILES string of the molecule is CC.CC.CC(=O)CCCCCNC(=O)CCC(=O)O. The van der Waals surface area contributed by atoms with Crippen LogP contribution in [-0.4, -0.2) is 29.3 Å². The second-order valence-corrected chi connectivity index (χ2v) is 3.76. The van der Waals surface area contributed by atoms with Gasteiger partial charge in [-0.3, -0.25) is 9.59 Å². The van der Waals surface area contributed by atoms with Crippen LogP contribution in [0.25, 0.3) is 0 Å². The lowest BCUT2D eigenvalue weighted by Crippen LogP contribution is -2.24. The first-order valence-corrected chi connectivity index (χ1v) is 7.50. The van der Waals surface area contributed by atoms with Crippen molar-refractivity contribution in [2.75, 3.05) is 6.54 Å². The van der Waals surface area contributed by atoms with Gasteiger partial charge in [0.2, 0.25) is 5.91 Å². The number of nitrogens with one attached hydrogen (secondary N) is 1. The summed E-state index contributed by atoms with van der Waals surface area (Å²) in [5.74, 6) is -1.00. The molecule has 0 rings (SSSR count). The van der Waals surface area contributed by atoms with Gasteiger partial charge in [0.15, 0.2) is 0 Å². The van der Waals surface area contributed by atoms with E-state index in [1.807, 2.05) is 27.7 Å². The van der Waals surface area contributed by atoms with Crippen LogP contribution in [0.5, 0.6) is 0 Å². The van der Waals surface area contributed by atoms with Gasteiger partial charge in [0.25, 0.3) is 0 Å². The minimum absolute atomic E-state index is 0.0305. The van der Waals surface area contributed by atoms with E-state index in [9.17, 15) is 14.4 Å². The average Bonchev–Trinajstić information content (AvgIpc) is 2.44. The van der Waals surface area contributed by atoms with Crippen molar-refractivity contribution in [2.45, 2.75) is 73.1 Å². The van der Waals surface area contributed by atoms with Gasteiger partial charge in [0.1, 0.15) is 5.78 Å². The molecule has 0 unspecified atom stereocenters. The van der Waals surface area contributed by atoms with Gasteiger partial charge in [-0.25, -0.2) is 0 Å². The van der Waals surface area contributed by atoms with E-state index in [4.69, 9.17) is 5.11 Å². The maximum Gasteiger partial charge on any atom is 0.303 e. The quantitative estimate of drug-likeness (QED) is 0.639.